The molecule has 2 fully saturated rings. The largest absolute Gasteiger partial charge is 0.444 e. The van der Waals surface area contributed by atoms with Crippen molar-refractivity contribution in [3.05, 3.63) is 0 Å². The fourth-order valence-electron chi connectivity index (χ4n) is 3.78. The minimum absolute atomic E-state index is 0.0400. The molecular weight excluding hydrogens is 266 g/mol. The molecule has 1 saturated heterocycles. The summed E-state index contributed by atoms with van der Waals surface area (Å²) >= 11 is 0. The number of rotatable bonds is 1. The number of piperidine rings is 1. The number of hydrogen-bond acceptors (Lipinski definition) is 3. The van der Waals surface area contributed by atoms with Crippen molar-refractivity contribution in [1.82, 2.24) is 4.90 Å². The van der Waals surface area contributed by atoms with Gasteiger partial charge in [0.15, 0.2) is 0 Å². The van der Waals surface area contributed by atoms with E-state index in [0.29, 0.717) is 0 Å². The quantitative estimate of drug-likeness (QED) is 0.805. The predicted molar refractivity (Wildman–Crippen MR) is 83.1 cm³/mol. The fourth-order valence-corrected chi connectivity index (χ4v) is 3.78. The second kappa shape index (κ2) is 5.79. The van der Waals surface area contributed by atoms with E-state index in [4.69, 9.17) is 4.74 Å². The molecule has 1 aliphatic heterocycles. The zero-order valence-corrected chi connectivity index (χ0v) is 14.2. The summed E-state index contributed by atoms with van der Waals surface area (Å²) in [6, 6.07) is 0.130. The van der Waals surface area contributed by atoms with E-state index in [2.05, 4.69) is 13.8 Å². The summed E-state index contributed by atoms with van der Waals surface area (Å²) in [7, 11) is 0. The summed E-state index contributed by atoms with van der Waals surface area (Å²) in [4.78, 5) is 14.3. The number of aliphatic hydroxyl groups is 1. The molecule has 21 heavy (non-hydrogen) atoms. The van der Waals surface area contributed by atoms with Crippen molar-refractivity contribution in [1.29, 1.82) is 0 Å². The Labute approximate surface area is 128 Å². The van der Waals surface area contributed by atoms with Gasteiger partial charge in [0.05, 0.1) is 6.10 Å². The number of likely N-dealkylation sites (tertiary alicyclic amines) is 1. The molecule has 1 aliphatic carbocycles. The zero-order chi connectivity index (χ0) is 15.8. The molecule has 0 radical (unpaired) electrons. The van der Waals surface area contributed by atoms with E-state index in [9.17, 15) is 9.90 Å². The first kappa shape index (κ1) is 16.6. The number of ether oxygens (including phenoxy) is 1. The van der Waals surface area contributed by atoms with Gasteiger partial charge in [0, 0.05) is 18.5 Å². The lowest BCUT2D eigenvalue weighted by Gasteiger charge is -2.41. The van der Waals surface area contributed by atoms with Gasteiger partial charge in [0.1, 0.15) is 5.60 Å². The maximum atomic E-state index is 12.5. The van der Waals surface area contributed by atoms with Crippen LogP contribution in [0.3, 0.4) is 0 Å². The molecule has 122 valence electrons. The van der Waals surface area contributed by atoms with E-state index >= 15 is 0 Å². The second-order valence-electron chi connectivity index (χ2n) is 8.37. The number of hydrogen-bond donors (Lipinski definition) is 1. The van der Waals surface area contributed by atoms with Crippen LogP contribution in [-0.2, 0) is 4.74 Å². The molecule has 0 bridgehead atoms. The van der Waals surface area contributed by atoms with Crippen molar-refractivity contribution in [3.63, 3.8) is 0 Å². The molecular formula is C17H31NO3. The second-order valence-corrected chi connectivity index (χ2v) is 8.37. The van der Waals surface area contributed by atoms with Gasteiger partial charge in [-0.25, -0.2) is 4.79 Å². The van der Waals surface area contributed by atoms with E-state index in [0.717, 1.165) is 38.6 Å². The molecule has 3 atom stereocenters. The van der Waals surface area contributed by atoms with Gasteiger partial charge in [0.25, 0.3) is 0 Å². The number of nitrogens with zero attached hydrogens (tertiary/aromatic N) is 1. The molecule has 4 nitrogen and oxygen atoms in total. The van der Waals surface area contributed by atoms with E-state index < -0.39 is 5.60 Å². The molecule has 1 saturated carbocycles. The topological polar surface area (TPSA) is 49.8 Å². The lowest BCUT2D eigenvalue weighted by Crippen LogP contribution is -2.51. The molecule has 1 heterocycles. The highest BCUT2D eigenvalue weighted by Gasteiger charge is 2.47. The number of amides is 1. The summed E-state index contributed by atoms with van der Waals surface area (Å²) in [6.45, 7) is 10.7. The molecule has 4 heteroatoms. The molecule has 1 N–H and O–H groups in total. The Balaban J connectivity index is 2.11. The summed E-state index contributed by atoms with van der Waals surface area (Å²) in [5.74, 6) is 0.188. The first-order chi connectivity index (χ1) is 9.62. The van der Waals surface area contributed by atoms with Gasteiger partial charge in [-0.3, -0.25) is 0 Å². The lowest BCUT2D eigenvalue weighted by atomic mass is 9.82. The van der Waals surface area contributed by atoms with Crippen molar-refractivity contribution in [2.45, 2.75) is 84.5 Å². The smallest absolute Gasteiger partial charge is 0.410 e. The van der Waals surface area contributed by atoms with Crippen molar-refractivity contribution >= 4 is 6.09 Å². The number of carbonyl (C=O) groups is 1. The standard InChI is InChI=1S/C17H31NO3/c1-16(2,3)21-15(20)18-11-7-6-8-13(18)12-9-10-17(4,5)14(12)19/h12-14,19H,6-11H2,1-5H3. The van der Waals surface area contributed by atoms with Crippen LogP contribution in [0.1, 0.15) is 66.7 Å². The van der Waals surface area contributed by atoms with Gasteiger partial charge in [-0.1, -0.05) is 13.8 Å². The van der Waals surface area contributed by atoms with Gasteiger partial charge in [-0.2, -0.15) is 0 Å². The maximum absolute atomic E-state index is 12.5. The Morgan fingerprint density at radius 2 is 1.90 bits per heavy atom. The summed E-state index contributed by atoms with van der Waals surface area (Å²) in [5, 5.41) is 10.6. The third kappa shape index (κ3) is 3.71. The molecule has 0 aromatic carbocycles. The highest BCUT2D eigenvalue weighted by atomic mass is 16.6. The van der Waals surface area contributed by atoms with Gasteiger partial charge >= 0.3 is 6.09 Å². The first-order valence-corrected chi connectivity index (χ1v) is 8.29. The van der Waals surface area contributed by atoms with E-state index in [1.54, 1.807) is 0 Å². The molecule has 1 amide bonds. The first-order valence-electron chi connectivity index (χ1n) is 8.29. The van der Waals surface area contributed by atoms with Crippen LogP contribution < -0.4 is 0 Å². The molecule has 0 aromatic rings. The van der Waals surface area contributed by atoms with Gasteiger partial charge < -0.3 is 14.7 Å². The Kier molecular flexibility index (Phi) is 4.57. The van der Waals surface area contributed by atoms with Crippen molar-refractivity contribution in [2.24, 2.45) is 11.3 Å². The molecule has 0 spiro atoms. The van der Waals surface area contributed by atoms with E-state index in [1.165, 1.54) is 0 Å². The minimum Gasteiger partial charge on any atom is -0.444 e. The molecule has 2 aliphatic rings. The van der Waals surface area contributed by atoms with Gasteiger partial charge in [-0.15, -0.1) is 0 Å². The average Bonchev–Trinajstić information content (AvgIpc) is 2.62. The number of aliphatic hydroxyl groups excluding tert-OH is 1. The van der Waals surface area contributed by atoms with Crippen LogP contribution in [0.2, 0.25) is 0 Å². The van der Waals surface area contributed by atoms with Crippen molar-refractivity contribution in [2.75, 3.05) is 6.54 Å². The van der Waals surface area contributed by atoms with Crippen LogP contribution >= 0.6 is 0 Å². The summed E-state index contributed by atoms with van der Waals surface area (Å²) in [5.41, 5.74) is -0.506. The van der Waals surface area contributed by atoms with Crippen LogP contribution in [0.4, 0.5) is 4.79 Å². The Morgan fingerprint density at radius 1 is 1.24 bits per heavy atom. The molecule has 2 rings (SSSR count). The lowest BCUT2D eigenvalue weighted by molar-refractivity contribution is -0.0244. The SMILES string of the molecule is CC(C)(C)OC(=O)N1CCCCC1C1CCC(C)(C)C1O. The normalized spacial score (nSPS) is 33.0. The number of carbonyl (C=O) groups excluding carboxylic acids is 1. The Hall–Kier alpha value is -0.770. The molecule has 0 aromatic heterocycles. The zero-order valence-electron chi connectivity index (χ0n) is 14.2. The van der Waals surface area contributed by atoms with Crippen LogP contribution in [-0.4, -0.2) is 40.4 Å². The van der Waals surface area contributed by atoms with Crippen LogP contribution in [0.15, 0.2) is 0 Å². The van der Waals surface area contributed by atoms with Crippen LogP contribution in [0, 0.1) is 11.3 Å². The van der Waals surface area contributed by atoms with Gasteiger partial charge in [0.2, 0.25) is 0 Å². The minimum atomic E-state index is -0.466. The monoisotopic (exact) mass is 297 g/mol. The van der Waals surface area contributed by atoms with Crippen LogP contribution in [0.5, 0.6) is 0 Å². The Morgan fingerprint density at radius 3 is 2.43 bits per heavy atom. The summed E-state index contributed by atoms with van der Waals surface area (Å²) < 4.78 is 5.56. The Bertz CT molecular complexity index is 386. The molecule has 3 unspecified atom stereocenters. The van der Waals surface area contributed by atoms with Crippen molar-refractivity contribution in [3.8, 4) is 0 Å². The third-order valence-corrected chi connectivity index (χ3v) is 5.00. The third-order valence-electron chi connectivity index (χ3n) is 5.00. The van der Waals surface area contributed by atoms with E-state index in [-0.39, 0.29) is 29.6 Å². The van der Waals surface area contributed by atoms with E-state index in [1.807, 2.05) is 25.7 Å². The maximum Gasteiger partial charge on any atom is 0.410 e. The highest BCUT2D eigenvalue weighted by Crippen LogP contribution is 2.45. The van der Waals surface area contributed by atoms with Gasteiger partial charge in [-0.05, 0) is 58.3 Å². The highest BCUT2D eigenvalue weighted by molar-refractivity contribution is 5.68. The predicted octanol–water partition coefficient (Wildman–Crippen LogP) is 3.57. The van der Waals surface area contributed by atoms with Crippen molar-refractivity contribution < 1.29 is 14.6 Å². The average molecular weight is 297 g/mol. The summed E-state index contributed by atoms with van der Waals surface area (Å²) in [6.07, 6.45) is 4.62. The van der Waals surface area contributed by atoms with Crippen LogP contribution in [0.25, 0.3) is 0 Å². The fraction of sp³-hybridized carbons (Fsp3) is 0.941.